The summed E-state index contributed by atoms with van der Waals surface area (Å²) in [6.07, 6.45) is 0.937. The van der Waals surface area contributed by atoms with E-state index in [-0.39, 0.29) is 12.6 Å². The van der Waals surface area contributed by atoms with E-state index in [0.29, 0.717) is 48.2 Å². The molecule has 2 aromatic rings. The molecule has 3 rings (SSSR count). The molecule has 1 aliphatic heterocycles. The standard InChI is InChI=1S/C25H28ClNO4S/c1-3-5-18-31-22-10-12-23(13-11-22)32(29)25(24(28)30-4-2)14-16-27(17-15-25)19-20-6-8-21(26)9-7-20/h6-13H,4,14-19H2,1-2H3. The normalized spacial score (nSPS) is 16.5. The monoisotopic (exact) mass is 473 g/mol. The minimum absolute atomic E-state index is 0.261. The lowest BCUT2D eigenvalue weighted by Gasteiger charge is -2.40. The van der Waals surface area contributed by atoms with Crippen LogP contribution in [0.2, 0.25) is 5.02 Å². The molecule has 7 heteroatoms. The van der Waals surface area contributed by atoms with E-state index in [4.69, 9.17) is 21.1 Å². The molecule has 0 amide bonds. The van der Waals surface area contributed by atoms with Crippen LogP contribution in [0.1, 0.15) is 32.3 Å². The van der Waals surface area contributed by atoms with E-state index in [9.17, 15) is 9.35 Å². The van der Waals surface area contributed by atoms with Crippen LogP contribution < -0.4 is 4.74 Å². The molecule has 1 atom stereocenters. The fourth-order valence-electron chi connectivity index (χ4n) is 3.72. The Hall–Kier alpha value is -2.17. The lowest BCUT2D eigenvalue weighted by atomic mass is 9.95. The number of carbonyl (C=O) groups excluding carboxylic acids is 1. The number of rotatable bonds is 8. The third-order valence-corrected chi connectivity index (χ3v) is 7.75. The maximum Gasteiger partial charge on any atom is 0.363 e. The van der Waals surface area contributed by atoms with Crippen molar-refractivity contribution in [2.75, 3.05) is 26.3 Å². The molecule has 5 nitrogen and oxygen atoms in total. The summed E-state index contributed by atoms with van der Waals surface area (Å²) in [4.78, 5) is 15.9. The fraction of sp³-hybridized carbons (Fsp3) is 0.400. The zero-order valence-electron chi connectivity index (χ0n) is 18.4. The Labute approximate surface area is 198 Å². The van der Waals surface area contributed by atoms with Gasteiger partial charge < -0.3 is 14.0 Å². The first kappa shape index (κ1) is 24.5. The number of benzene rings is 2. The van der Waals surface area contributed by atoms with Gasteiger partial charge in [0.2, 0.25) is 4.75 Å². The van der Waals surface area contributed by atoms with Gasteiger partial charge in [-0.2, -0.15) is 0 Å². The third kappa shape index (κ3) is 5.99. The zero-order chi connectivity index (χ0) is 23.0. The molecule has 1 heterocycles. The van der Waals surface area contributed by atoms with E-state index in [1.165, 1.54) is 0 Å². The highest BCUT2D eigenvalue weighted by molar-refractivity contribution is 7.93. The van der Waals surface area contributed by atoms with Gasteiger partial charge in [-0.1, -0.05) is 29.7 Å². The Morgan fingerprint density at radius 2 is 1.81 bits per heavy atom. The molecule has 1 unspecified atom stereocenters. The van der Waals surface area contributed by atoms with Crippen LogP contribution in [0.5, 0.6) is 5.75 Å². The van der Waals surface area contributed by atoms with E-state index < -0.39 is 15.9 Å². The predicted molar refractivity (Wildman–Crippen MR) is 127 cm³/mol. The van der Waals surface area contributed by atoms with Gasteiger partial charge in [-0.15, -0.1) is 5.92 Å². The van der Waals surface area contributed by atoms with Crippen molar-refractivity contribution in [1.82, 2.24) is 4.90 Å². The van der Waals surface area contributed by atoms with Crippen molar-refractivity contribution in [1.29, 1.82) is 0 Å². The molecule has 1 saturated heterocycles. The summed E-state index contributed by atoms with van der Waals surface area (Å²) in [5.41, 5.74) is 1.16. The Morgan fingerprint density at radius 1 is 1.16 bits per heavy atom. The summed E-state index contributed by atoms with van der Waals surface area (Å²) in [5, 5.41) is 0.707. The van der Waals surface area contributed by atoms with Gasteiger partial charge in [0.15, 0.2) is 4.90 Å². The number of piperidine rings is 1. The first-order valence-electron chi connectivity index (χ1n) is 10.7. The highest BCUT2D eigenvalue weighted by Crippen LogP contribution is 2.37. The predicted octanol–water partition coefficient (Wildman–Crippen LogP) is 4.45. The average Bonchev–Trinajstić information content (AvgIpc) is 2.81. The lowest BCUT2D eigenvalue weighted by Crippen LogP contribution is -2.54. The Kier molecular flexibility index (Phi) is 8.89. The van der Waals surface area contributed by atoms with Crippen molar-refractivity contribution >= 4 is 28.7 Å². The summed E-state index contributed by atoms with van der Waals surface area (Å²) in [6.45, 7) is 6.16. The van der Waals surface area contributed by atoms with Crippen LogP contribution in [-0.4, -0.2) is 46.5 Å². The second-order valence-corrected chi connectivity index (χ2v) is 9.80. The molecule has 0 aromatic heterocycles. The topological polar surface area (TPSA) is 61.8 Å². The van der Waals surface area contributed by atoms with Crippen LogP contribution in [-0.2, 0) is 27.3 Å². The molecule has 32 heavy (non-hydrogen) atoms. The Balaban J connectivity index is 1.72. The molecule has 1 fully saturated rings. The van der Waals surface area contributed by atoms with Gasteiger partial charge in [-0.25, -0.2) is 4.79 Å². The smallest absolute Gasteiger partial charge is 0.363 e. The van der Waals surface area contributed by atoms with Gasteiger partial charge in [0.1, 0.15) is 12.4 Å². The van der Waals surface area contributed by atoms with Crippen LogP contribution in [0.3, 0.4) is 0 Å². The minimum atomic E-state index is -1.54. The van der Waals surface area contributed by atoms with E-state index in [2.05, 4.69) is 16.7 Å². The quantitative estimate of drug-likeness (QED) is 0.322. The van der Waals surface area contributed by atoms with Crippen molar-refractivity contribution < 1.29 is 18.8 Å². The first-order chi connectivity index (χ1) is 15.5. The Morgan fingerprint density at radius 3 is 2.41 bits per heavy atom. The number of ether oxygens (including phenoxy) is 2. The molecule has 2 aromatic carbocycles. The zero-order valence-corrected chi connectivity index (χ0v) is 20.0. The third-order valence-electron chi connectivity index (χ3n) is 5.51. The number of hydrogen-bond acceptors (Lipinski definition) is 5. The van der Waals surface area contributed by atoms with Crippen LogP contribution >= 0.6 is 11.6 Å². The van der Waals surface area contributed by atoms with Crippen molar-refractivity contribution in [3.63, 3.8) is 0 Å². The number of likely N-dealkylation sites (tertiary alicyclic amines) is 1. The second kappa shape index (κ2) is 11.6. The maximum absolute atomic E-state index is 13.6. The molecule has 0 spiro atoms. The number of nitrogens with zero attached hydrogens (tertiary/aromatic N) is 1. The van der Waals surface area contributed by atoms with Crippen LogP contribution in [0.15, 0.2) is 53.4 Å². The molecule has 0 saturated carbocycles. The van der Waals surface area contributed by atoms with Crippen molar-refractivity contribution in [2.45, 2.75) is 42.9 Å². The summed E-state index contributed by atoms with van der Waals surface area (Å²) in [5.74, 6) is 5.88. The molecule has 0 radical (unpaired) electrons. The number of carbonyl (C=O) groups is 1. The number of hydrogen-bond donors (Lipinski definition) is 0. The van der Waals surface area contributed by atoms with Gasteiger partial charge in [0, 0.05) is 48.7 Å². The maximum atomic E-state index is 13.6. The van der Waals surface area contributed by atoms with Crippen LogP contribution in [0, 0.1) is 11.8 Å². The highest BCUT2D eigenvalue weighted by Gasteiger charge is 2.53. The second-order valence-electron chi connectivity index (χ2n) is 7.57. The molecule has 170 valence electrons. The number of esters is 1. The average molecular weight is 474 g/mol. The fourth-order valence-corrected chi connectivity index (χ4v) is 5.45. The Bertz CT molecular complexity index is 945. The number of halogens is 1. The molecular formula is C25H28ClNO4S. The van der Waals surface area contributed by atoms with Gasteiger partial charge in [-0.3, -0.25) is 4.90 Å². The van der Waals surface area contributed by atoms with Gasteiger partial charge in [0.25, 0.3) is 0 Å². The van der Waals surface area contributed by atoms with E-state index in [1.807, 2.05) is 24.3 Å². The summed E-state index contributed by atoms with van der Waals surface area (Å²) < 4.78 is 23.5. The molecule has 0 N–H and O–H groups in total. The van der Waals surface area contributed by atoms with Crippen molar-refractivity contribution in [3.8, 4) is 17.6 Å². The van der Waals surface area contributed by atoms with Crippen LogP contribution in [0.25, 0.3) is 0 Å². The van der Waals surface area contributed by atoms with Gasteiger partial charge >= 0.3 is 5.97 Å². The van der Waals surface area contributed by atoms with E-state index in [0.717, 1.165) is 12.1 Å². The molecule has 0 bridgehead atoms. The van der Waals surface area contributed by atoms with Gasteiger partial charge in [-0.05, 0) is 55.8 Å². The lowest BCUT2D eigenvalue weighted by molar-refractivity contribution is -0.147. The van der Waals surface area contributed by atoms with Crippen molar-refractivity contribution in [3.05, 3.63) is 59.1 Å². The molecular weight excluding hydrogens is 446 g/mol. The van der Waals surface area contributed by atoms with E-state index in [1.54, 1.807) is 38.1 Å². The van der Waals surface area contributed by atoms with Gasteiger partial charge in [0.05, 0.1) is 6.61 Å². The largest absolute Gasteiger partial charge is 0.611 e. The van der Waals surface area contributed by atoms with E-state index >= 15 is 0 Å². The van der Waals surface area contributed by atoms with Crippen LogP contribution in [0.4, 0.5) is 0 Å². The first-order valence-corrected chi connectivity index (χ1v) is 12.2. The summed E-state index contributed by atoms with van der Waals surface area (Å²) >= 11 is 4.44. The minimum Gasteiger partial charge on any atom is -0.611 e. The van der Waals surface area contributed by atoms with Crippen molar-refractivity contribution in [2.24, 2.45) is 0 Å². The summed E-state index contributed by atoms with van der Waals surface area (Å²) in [6, 6.07) is 14.8. The summed E-state index contributed by atoms with van der Waals surface area (Å²) in [7, 11) is 0. The molecule has 0 aliphatic carbocycles. The highest BCUT2D eigenvalue weighted by atomic mass is 35.5. The molecule has 1 aliphatic rings. The SMILES string of the molecule is CC#CCOc1ccc([S+]([O-])C2(C(=O)OCC)CCN(Cc3ccc(Cl)cc3)CC2)cc1.